The Morgan fingerprint density at radius 3 is 2.71 bits per heavy atom. The smallest absolute Gasteiger partial charge is 0.326 e. The van der Waals surface area contributed by atoms with Gasteiger partial charge in [0.25, 0.3) is 11.6 Å². The van der Waals surface area contributed by atoms with Crippen LogP contribution in [0.4, 0.5) is 0 Å². The van der Waals surface area contributed by atoms with Crippen LogP contribution in [0.15, 0.2) is 16.8 Å². The number of fused-ring (bicyclic) bond motifs is 1. The SMILES string of the molecule is Cc1noc2ncc(C(=O)NC(CC(=O)O)C(=O)O)cc12. The third-order valence-corrected chi connectivity index (χ3v) is 2.75. The number of rotatable bonds is 5. The van der Waals surface area contributed by atoms with Crippen LogP contribution in [0.25, 0.3) is 11.1 Å². The standard InChI is InChI=1S/C12H11N3O6/c1-5-7-2-6(4-13-11(7)21-15-5)10(18)14-8(12(19)20)3-9(16)17/h2,4,8H,3H2,1H3,(H,14,18)(H,16,17)(H,19,20). The van der Waals surface area contributed by atoms with Crippen molar-refractivity contribution in [3.8, 4) is 0 Å². The molecule has 0 aliphatic rings. The molecule has 0 radical (unpaired) electrons. The lowest BCUT2D eigenvalue weighted by Crippen LogP contribution is -2.42. The minimum absolute atomic E-state index is 0.0884. The number of aryl methyl sites for hydroxylation is 1. The van der Waals surface area contributed by atoms with E-state index >= 15 is 0 Å². The van der Waals surface area contributed by atoms with Crippen molar-refractivity contribution in [1.82, 2.24) is 15.5 Å². The van der Waals surface area contributed by atoms with E-state index in [-0.39, 0.29) is 11.3 Å². The van der Waals surface area contributed by atoms with Crippen LogP contribution in [0.1, 0.15) is 22.5 Å². The van der Waals surface area contributed by atoms with Crippen LogP contribution >= 0.6 is 0 Å². The molecular formula is C12H11N3O6. The van der Waals surface area contributed by atoms with Crippen molar-refractivity contribution in [2.75, 3.05) is 0 Å². The number of nitrogens with zero attached hydrogens (tertiary/aromatic N) is 2. The fourth-order valence-corrected chi connectivity index (χ4v) is 1.69. The highest BCUT2D eigenvalue weighted by molar-refractivity contribution is 5.99. The number of hydrogen-bond donors (Lipinski definition) is 3. The maximum Gasteiger partial charge on any atom is 0.326 e. The summed E-state index contributed by atoms with van der Waals surface area (Å²) in [7, 11) is 0. The molecule has 9 heteroatoms. The first-order chi connectivity index (χ1) is 9.88. The van der Waals surface area contributed by atoms with E-state index < -0.39 is 30.3 Å². The first-order valence-corrected chi connectivity index (χ1v) is 5.86. The van der Waals surface area contributed by atoms with Crippen molar-refractivity contribution in [3.05, 3.63) is 23.5 Å². The summed E-state index contributed by atoms with van der Waals surface area (Å²) in [5.74, 6) is -3.49. The summed E-state index contributed by atoms with van der Waals surface area (Å²) in [4.78, 5) is 37.3. The van der Waals surface area contributed by atoms with Crippen LogP contribution in [0.5, 0.6) is 0 Å². The monoisotopic (exact) mass is 293 g/mol. The number of aromatic nitrogens is 2. The molecule has 0 saturated carbocycles. The van der Waals surface area contributed by atoms with E-state index in [0.29, 0.717) is 11.1 Å². The Labute approximate surface area is 117 Å². The molecule has 0 spiro atoms. The quantitative estimate of drug-likeness (QED) is 0.708. The van der Waals surface area contributed by atoms with Gasteiger partial charge in [0.1, 0.15) is 6.04 Å². The number of carbonyl (C=O) groups is 3. The van der Waals surface area contributed by atoms with E-state index in [4.69, 9.17) is 14.7 Å². The normalized spacial score (nSPS) is 12.0. The summed E-state index contributed by atoms with van der Waals surface area (Å²) in [6, 6.07) is -0.0716. The van der Waals surface area contributed by atoms with E-state index in [9.17, 15) is 14.4 Å². The molecule has 0 aliphatic heterocycles. The lowest BCUT2D eigenvalue weighted by Gasteiger charge is -2.12. The van der Waals surface area contributed by atoms with Gasteiger partial charge in [0, 0.05) is 6.20 Å². The largest absolute Gasteiger partial charge is 0.481 e. The summed E-state index contributed by atoms with van der Waals surface area (Å²) in [5, 5.41) is 23.8. The molecule has 110 valence electrons. The summed E-state index contributed by atoms with van der Waals surface area (Å²) < 4.78 is 4.89. The Kier molecular flexibility index (Phi) is 3.83. The molecule has 21 heavy (non-hydrogen) atoms. The van der Waals surface area contributed by atoms with Gasteiger partial charge in [-0.05, 0) is 13.0 Å². The van der Waals surface area contributed by atoms with Gasteiger partial charge in [0.15, 0.2) is 0 Å². The van der Waals surface area contributed by atoms with Gasteiger partial charge in [-0.25, -0.2) is 9.78 Å². The molecule has 1 unspecified atom stereocenters. The molecule has 0 bridgehead atoms. The average Bonchev–Trinajstić information content (AvgIpc) is 2.78. The topological polar surface area (TPSA) is 143 Å². The second-order valence-electron chi connectivity index (χ2n) is 4.31. The Bertz CT molecular complexity index is 723. The van der Waals surface area contributed by atoms with Crippen LogP contribution in [0.3, 0.4) is 0 Å². The maximum absolute atomic E-state index is 12.0. The van der Waals surface area contributed by atoms with E-state index in [1.54, 1.807) is 6.92 Å². The summed E-state index contributed by atoms with van der Waals surface area (Å²) in [6.45, 7) is 1.67. The highest BCUT2D eigenvalue weighted by Crippen LogP contribution is 2.16. The number of aliphatic carboxylic acids is 2. The molecule has 0 fully saturated rings. The molecule has 0 aromatic carbocycles. The predicted octanol–water partition coefficient (Wildman–Crippen LogP) is 0.189. The molecule has 0 aliphatic carbocycles. The maximum atomic E-state index is 12.0. The lowest BCUT2D eigenvalue weighted by atomic mass is 10.1. The van der Waals surface area contributed by atoms with Gasteiger partial charge in [-0.2, -0.15) is 0 Å². The molecule has 2 aromatic rings. The van der Waals surface area contributed by atoms with Crippen molar-refractivity contribution in [2.45, 2.75) is 19.4 Å². The van der Waals surface area contributed by atoms with Crippen LogP contribution in [0, 0.1) is 6.92 Å². The van der Waals surface area contributed by atoms with E-state index in [1.165, 1.54) is 12.3 Å². The van der Waals surface area contributed by atoms with Crippen LogP contribution in [-0.4, -0.2) is 44.2 Å². The van der Waals surface area contributed by atoms with Crippen LogP contribution in [-0.2, 0) is 9.59 Å². The van der Waals surface area contributed by atoms with Gasteiger partial charge < -0.3 is 20.1 Å². The predicted molar refractivity (Wildman–Crippen MR) is 67.7 cm³/mol. The molecule has 2 aromatic heterocycles. The fourth-order valence-electron chi connectivity index (χ4n) is 1.69. The second kappa shape index (κ2) is 5.57. The number of carbonyl (C=O) groups excluding carboxylic acids is 1. The number of carboxylic acids is 2. The van der Waals surface area contributed by atoms with Crippen LogP contribution in [0.2, 0.25) is 0 Å². The fraction of sp³-hybridized carbons (Fsp3) is 0.250. The van der Waals surface area contributed by atoms with Crippen LogP contribution < -0.4 is 5.32 Å². The van der Waals surface area contributed by atoms with Crippen molar-refractivity contribution in [2.24, 2.45) is 0 Å². The Morgan fingerprint density at radius 2 is 2.10 bits per heavy atom. The first kappa shape index (κ1) is 14.4. The van der Waals surface area contributed by atoms with Gasteiger partial charge in [-0.3, -0.25) is 9.59 Å². The van der Waals surface area contributed by atoms with Gasteiger partial charge in [-0.1, -0.05) is 5.16 Å². The highest BCUT2D eigenvalue weighted by Gasteiger charge is 2.24. The Hall–Kier alpha value is -2.97. The molecule has 1 amide bonds. The van der Waals surface area contributed by atoms with E-state index in [0.717, 1.165) is 0 Å². The Morgan fingerprint density at radius 1 is 1.38 bits per heavy atom. The first-order valence-electron chi connectivity index (χ1n) is 5.86. The van der Waals surface area contributed by atoms with Crippen molar-refractivity contribution in [1.29, 1.82) is 0 Å². The molecular weight excluding hydrogens is 282 g/mol. The zero-order valence-corrected chi connectivity index (χ0v) is 10.9. The summed E-state index contributed by atoms with van der Waals surface area (Å²) in [6.07, 6.45) is 0.477. The van der Waals surface area contributed by atoms with Gasteiger partial charge in [0.2, 0.25) is 0 Å². The molecule has 2 heterocycles. The minimum atomic E-state index is -1.52. The van der Waals surface area contributed by atoms with E-state index in [2.05, 4.69) is 15.5 Å². The summed E-state index contributed by atoms with van der Waals surface area (Å²) >= 11 is 0. The Balaban J connectivity index is 2.22. The number of hydrogen-bond acceptors (Lipinski definition) is 6. The zero-order chi connectivity index (χ0) is 15.6. The van der Waals surface area contributed by atoms with Gasteiger partial charge >= 0.3 is 11.9 Å². The third kappa shape index (κ3) is 3.14. The molecule has 2 rings (SSSR count). The molecule has 1 atom stereocenters. The average molecular weight is 293 g/mol. The molecule has 3 N–H and O–H groups in total. The van der Waals surface area contributed by atoms with Crippen molar-refractivity contribution in [3.63, 3.8) is 0 Å². The minimum Gasteiger partial charge on any atom is -0.481 e. The number of nitrogens with one attached hydrogen (secondary N) is 1. The van der Waals surface area contributed by atoms with Crippen molar-refractivity contribution >= 4 is 28.9 Å². The summed E-state index contributed by atoms with van der Waals surface area (Å²) in [5.41, 5.74) is 0.877. The van der Waals surface area contributed by atoms with Gasteiger partial charge in [-0.15, -0.1) is 0 Å². The lowest BCUT2D eigenvalue weighted by molar-refractivity contribution is -0.145. The third-order valence-electron chi connectivity index (χ3n) is 2.75. The van der Waals surface area contributed by atoms with Crippen molar-refractivity contribution < 1.29 is 29.1 Å². The number of pyridine rings is 1. The van der Waals surface area contributed by atoms with Gasteiger partial charge in [0.05, 0.1) is 23.1 Å². The number of carboxylic acid groups (broad SMARTS) is 2. The number of amides is 1. The van der Waals surface area contributed by atoms with E-state index in [1.807, 2.05) is 0 Å². The molecule has 9 nitrogen and oxygen atoms in total. The highest BCUT2D eigenvalue weighted by atomic mass is 16.5. The zero-order valence-electron chi connectivity index (χ0n) is 10.9. The molecule has 0 saturated heterocycles. The second-order valence-corrected chi connectivity index (χ2v) is 4.31.